The average Bonchev–Trinajstić information content (AvgIpc) is 2.89. The number of nitrogens with one attached hydrogen (secondary N) is 1. The SMILES string of the molecule is CN(c1ccc(C(F)(F)F)cc1C(N)=O)C1CCNC1. The molecule has 1 aromatic carbocycles. The van der Waals surface area contributed by atoms with Crippen LogP contribution in [0, 0.1) is 0 Å². The van der Waals surface area contributed by atoms with Crippen molar-refractivity contribution in [3.63, 3.8) is 0 Å². The molecule has 110 valence electrons. The third kappa shape index (κ3) is 2.87. The van der Waals surface area contributed by atoms with E-state index in [4.69, 9.17) is 5.73 Å². The number of hydrogen-bond acceptors (Lipinski definition) is 3. The van der Waals surface area contributed by atoms with Gasteiger partial charge in [0.25, 0.3) is 5.91 Å². The molecule has 1 aromatic rings. The van der Waals surface area contributed by atoms with Crippen LogP contribution >= 0.6 is 0 Å². The second kappa shape index (κ2) is 5.32. The van der Waals surface area contributed by atoms with Crippen LogP contribution in [0.1, 0.15) is 22.3 Å². The van der Waals surface area contributed by atoms with Crippen LogP contribution in [0.3, 0.4) is 0 Å². The van der Waals surface area contributed by atoms with Crippen LogP contribution in [0.5, 0.6) is 0 Å². The Hall–Kier alpha value is -1.76. The van der Waals surface area contributed by atoms with Crippen LogP contribution in [-0.4, -0.2) is 32.1 Å². The third-order valence-electron chi connectivity index (χ3n) is 3.55. The maximum Gasteiger partial charge on any atom is 0.416 e. The highest BCUT2D eigenvalue weighted by molar-refractivity contribution is 5.99. The van der Waals surface area contributed by atoms with Gasteiger partial charge in [0.2, 0.25) is 0 Å². The molecule has 2 rings (SSSR count). The minimum Gasteiger partial charge on any atom is -0.370 e. The molecule has 1 fully saturated rings. The number of hydrogen-bond donors (Lipinski definition) is 2. The van der Waals surface area contributed by atoms with Gasteiger partial charge in [0.05, 0.1) is 11.1 Å². The molecule has 0 aliphatic carbocycles. The monoisotopic (exact) mass is 287 g/mol. The molecule has 0 radical (unpaired) electrons. The first-order chi connectivity index (χ1) is 9.30. The Kier molecular flexibility index (Phi) is 3.89. The molecule has 4 nitrogen and oxygen atoms in total. The Morgan fingerprint density at radius 1 is 1.45 bits per heavy atom. The zero-order valence-corrected chi connectivity index (χ0v) is 11.0. The summed E-state index contributed by atoms with van der Waals surface area (Å²) in [5, 5.41) is 3.17. The van der Waals surface area contributed by atoms with Gasteiger partial charge in [-0.2, -0.15) is 13.2 Å². The highest BCUT2D eigenvalue weighted by Gasteiger charge is 2.32. The number of rotatable bonds is 3. The quantitative estimate of drug-likeness (QED) is 0.888. The number of anilines is 1. The molecule has 1 saturated heterocycles. The second-order valence-corrected chi connectivity index (χ2v) is 4.85. The van der Waals surface area contributed by atoms with Crippen molar-refractivity contribution in [3.05, 3.63) is 29.3 Å². The normalized spacial score (nSPS) is 19.1. The lowest BCUT2D eigenvalue weighted by Gasteiger charge is -2.28. The number of benzene rings is 1. The Morgan fingerprint density at radius 2 is 2.15 bits per heavy atom. The van der Waals surface area contributed by atoms with Crippen LogP contribution in [0.4, 0.5) is 18.9 Å². The summed E-state index contributed by atoms with van der Waals surface area (Å²) < 4.78 is 38.1. The molecule has 1 heterocycles. The van der Waals surface area contributed by atoms with E-state index >= 15 is 0 Å². The summed E-state index contributed by atoms with van der Waals surface area (Å²) >= 11 is 0. The number of nitrogens with two attached hydrogens (primary N) is 1. The summed E-state index contributed by atoms with van der Waals surface area (Å²) in [6, 6.07) is 3.24. The molecule has 1 aliphatic heterocycles. The lowest BCUT2D eigenvalue weighted by molar-refractivity contribution is -0.137. The van der Waals surface area contributed by atoms with Gasteiger partial charge in [0, 0.05) is 25.3 Å². The Bertz CT molecular complexity index is 510. The molecule has 0 saturated carbocycles. The molecule has 1 aliphatic rings. The van der Waals surface area contributed by atoms with Gasteiger partial charge in [0.15, 0.2) is 0 Å². The van der Waals surface area contributed by atoms with E-state index in [2.05, 4.69) is 5.32 Å². The maximum absolute atomic E-state index is 12.7. The van der Waals surface area contributed by atoms with Crippen LogP contribution in [0.15, 0.2) is 18.2 Å². The van der Waals surface area contributed by atoms with Crippen molar-refractivity contribution >= 4 is 11.6 Å². The summed E-state index contributed by atoms with van der Waals surface area (Å²) in [6.07, 6.45) is -3.62. The number of alkyl halides is 3. The summed E-state index contributed by atoms with van der Waals surface area (Å²) in [4.78, 5) is 13.2. The van der Waals surface area contributed by atoms with Gasteiger partial charge in [-0.3, -0.25) is 4.79 Å². The molecule has 1 atom stereocenters. The summed E-state index contributed by atoms with van der Waals surface area (Å²) in [5.41, 5.74) is 4.67. The molecule has 1 amide bonds. The van der Waals surface area contributed by atoms with Gasteiger partial charge >= 0.3 is 6.18 Å². The third-order valence-corrected chi connectivity index (χ3v) is 3.55. The van der Waals surface area contributed by atoms with Crippen LogP contribution in [0.25, 0.3) is 0 Å². The van der Waals surface area contributed by atoms with E-state index in [0.717, 1.165) is 31.6 Å². The summed E-state index contributed by atoms with van der Waals surface area (Å²) in [7, 11) is 1.76. The number of carbonyl (C=O) groups is 1. The van der Waals surface area contributed by atoms with Gasteiger partial charge in [-0.1, -0.05) is 0 Å². The van der Waals surface area contributed by atoms with Crippen molar-refractivity contribution in [2.24, 2.45) is 5.73 Å². The fourth-order valence-electron chi connectivity index (χ4n) is 2.38. The number of carbonyl (C=O) groups excluding carboxylic acids is 1. The summed E-state index contributed by atoms with van der Waals surface area (Å²) in [5.74, 6) is -0.857. The molecular weight excluding hydrogens is 271 g/mol. The van der Waals surface area contributed by atoms with E-state index in [9.17, 15) is 18.0 Å². The van der Waals surface area contributed by atoms with E-state index in [1.807, 2.05) is 0 Å². The molecule has 0 aromatic heterocycles. The number of halogens is 3. The zero-order valence-electron chi connectivity index (χ0n) is 11.0. The zero-order chi connectivity index (χ0) is 14.9. The predicted molar refractivity (Wildman–Crippen MR) is 69.6 cm³/mol. The second-order valence-electron chi connectivity index (χ2n) is 4.85. The Balaban J connectivity index is 2.39. The van der Waals surface area contributed by atoms with E-state index < -0.39 is 17.6 Å². The fourth-order valence-corrected chi connectivity index (χ4v) is 2.38. The molecule has 7 heteroatoms. The molecule has 0 spiro atoms. The van der Waals surface area contributed by atoms with Crippen molar-refractivity contribution in [2.45, 2.75) is 18.6 Å². The van der Waals surface area contributed by atoms with E-state index in [-0.39, 0.29) is 11.6 Å². The van der Waals surface area contributed by atoms with Crippen LogP contribution < -0.4 is 16.0 Å². The van der Waals surface area contributed by atoms with E-state index in [0.29, 0.717) is 5.69 Å². The lowest BCUT2D eigenvalue weighted by atomic mass is 10.1. The van der Waals surface area contributed by atoms with Gasteiger partial charge < -0.3 is 16.0 Å². The molecule has 1 unspecified atom stereocenters. The van der Waals surface area contributed by atoms with Crippen LogP contribution in [0.2, 0.25) is 0 Å². The highest BCUT2D eigenvalue weighted by atomic mass is 19.4. The molecule has 20 heavy (non-hydrogen) atoms. The smallest absolute Gasteiger partial charge is 0.370 e. The van der Waals surface area contributed by atoms with E-state index in [1.54, 1.807) is 11.9 Å². The molecular formula is C13H16F3N3O. The van der Waals surface area contributed by atoms with Crippen molar-refractivity contribution in [2.75, 3.05) is 25.0 Å². The number of likely N-dealkylation sites (N-methyl/N-ethyl adjacent to an activating group) is 1. The van der Waals surface area contributed by atoms with Crippen molar-refractivity contribution in [1.29, 1.82) is 0 Å². The first-order valence-electron chi connectivity index (χ1n) is 6.25. The average molecular weight is 287 g/mol. The standard InChI is InChI=1S/C13H16F3N3O/c1-19(9-4-5-18-7-9)11-3-2-8(13(14,15)16)6-10(11)12(17)20/h2-3,6,9,18H,4-5,7H2,1H3,(H2,17,20). The first-order valence-corrected chi connectivity index (χ1v) is 6.25. The van der Waals surface area contributed by atoms with Gasteiger partial charge in [-0.05, 0) is 31.2 Å². The van der Waals surface area contributed by atoms with Gasteiger partial charge in [-0.15, -0.1) is 0 Å². The Morgan fingerprint density at radius 3 is 2.65 bits per heavy atom. The number of primary amides is 1. The van der Waals surface area contributed by atoms with Crippen molar-refractivity contribution < 1.29 is 18.0 Å². The minimum absolute atomic E-state index is 0.103. The van der Waals surface area contributed by atoms with Crippen LogP contribution in [-0.2, 0) is 6.18 Å². The lowest BCUT2D eigenvalue weighted by Crippen LogP contribution is -2.35. The number of nitrogens with zero attached hydrogens (tertiary/aromatic N) is 1. The molecule has 3 N–H and O–H groups in total. The highest BCUT2D eigenvalue weighted by Crippen LogP contribution is 2.33. The fraction of sp³-hybridized carbons (Fsp3) is 0.462. The summed E-state index contributed by atoms with van der Waals surface area (Å²) in [6.45, 7) is 1.58. The minimum atomic E-state index is -4.49. The first kappa shape index (κ1) is 14.6. The Labute approximate surface area is 114 Å². The van der Waals surface area contributed by atoms with Gasteiger partial charge in [0.1, 0.15) is 0 Å². The molecule has 0 bridgehead atoms. The van der Waals surface area contributed by atoms with E-state index in [1.165, 1.54) is 6.07 Å². The number of amides is 1. The van der Waals surface area contributed by atoms with Crippen molar-refractivity contribution in [1.82, 2.24) is 5.32 Å². The topological polar surface area (TPSA) is 58.4 Å². The van der Waals surface area contributed by atoms with Crippen molar-refractivity contribution in [3.8, 4) is 0 Å². The predicted octanol–water partition coefficient (Wildman–Crippen LogP) is 1.60. The van der Waals surface area contributed by atoms with Gasteiger partial charge in [-0.25, -0.2) is 0 Å². The largest absolute Gasteiger partial charge is 0.416 e. The maximum atomic E-state index is 12.7.